The number of rotatable bonds is 5. The summed E-state index contributed by atoms with van der Waals surface area (Å²) in [6.07, 6.45) is 0.795. The third kappa shape index (κ3) is 4.19. The zero-order valence-electron chi connectivity index (χ0n) is 10.9. The predicted molar refractivity (Wildman–Crippen MR) is 65.6 cm³/mol. The van der Waals surface area contributed by atoms with Crippen LogP contribution in [0.25, 0.3) is 0 Å². The van der Waals surface area contributed by atoms with Gasteiger partial charge in [-0.1, -0.05) is 0 Å². The molecule has 5 nitrogen and oxygen atoms in total. The number of aliphatic hydroxyl groups is 1. The minimum absolute atomic E-state index is 0.342. The third-order valence-corrected chi connectivity index (χ3v) is 2.49. The lowest BCUT2D eigenvalue weighted by molar-refractivity contribution is -0.136. The number of carbonyl (C=O) groups is 1. The standard InChI is InChI=1S/C12H21N3O2/c1-9-8-10(2)15(14-9)7-5-6-13-11(16)12(3,4)17/h8,17H,5-7H2,1-4H3,(H,13,16). The molecule has 17 heavy (non-hydrogen) atoms. The van der Waals surface area contributed by atoms with Crippen LogP contribution in [-0.4, -0.2) is 32.9 Å². The van der Waals surface area contributed by atoms with Crippen molar-refractivity contribution in [3.05, 3.63) is 17.5 Å². The lowest BCUT2D eigenvalue weighted by Gasteiger charge is -2.16. The van der Waals surface area contributed by atoms with E-state index < -0.39 is 5.60 Å². The molecule has 1 heterocycles. The van der Waals surface area contributed by atoms with E-state index in [0.29, 0.717) is 6.54 Å². The van der Waals surface area contributed by atoms with E-state index in [-0.39, 0.29) is 5.91 Å². The highest BCUT2D eigenvalue weighted by molar-refractivity contribution is 5.83. The van der Waals surface area contributed by atoms with Gasteiger partial charge in [-0.2, -0.15) is 5.10 Å². The molecule has 0 aliphatic rings. The minimum atomic E-state index is -1.31. The summed E-state index contributed by atoms with van der Waals surface area (Å²) in [7, 11) is 0. The van der Waals surface area contributed by atoms with Gasteiger partial charge in [0.15, 0.2) is 0 Å². The quantitative estimate of drug-likeness (QED) is 0.746. The molecule has 1 aromatic heterocycles. The predicted octanol–water partition coefficient (Wildman–Crippen LogP) is 0.777. The number of hydrogen-bond acceptors (Lipinski definition) is 3. The van der Waals surface area contributed by atoms with Crippen LogP contribution in [0, 0.1) is 13.8 Å². The van der Waals surface area contributed by atoms with Crippen molar-refractivity contribution in [2.45, 2.75) is 46.3 Å². The summed E-state index contributed by atoms with van der Waals surface area (Å²) in [6.45, 7) is 8.23. The fraction of sp³-hybridized carbons (Fsp3) is 0.667. The summed E-state index contributed by atoms with van der Waals surface area (Å²) in [5.74, 6) is -0.342. The smallest absolute Gasteiger partial charge is 0.251 e. The Morgan fingerprint density at radius 3 is 2.65 bits per heavy atom. The second-order valence-electron chi connectivity index (χ2n) is 4.82. The maximum atomic E-state index is 11.4. The van der Waals surface area contributed by atoms with Crippen molar-refractivity contribution in [2.24, 2.45) is 0 Å². The Balaban J connectivity index is 2.30. The number of nitrogens with zero attached hydrogens (tertiary/aromatic N) is 2. The summed E-state index contributed by atoms with van der Waals surface area (Å²) in [5.41, 5.74) is 0.817. The van der Waals surface area contributed by atoms with Crippen molar-refractivity contribution >= 4 is 5.91 Å². The zero-order valence-corrected chi connectivity index (χ0v) is 10.9. The molecule has 1 amide bonds. The van der Waals surface area contributed by atoms with Crippen LogP contribution in [0.1, 0.15) is 31.7 Å². The van der Waals surface area contributed by atoms with Gasteiger partial charge in [0.1, 0.15) is 5.60 Å². The highest BCUT2D eigenvalue weighted by atomic mass is 16.3. The molecule has 0 aromatic carbocycles. The number of amides is 1. The molecule has 0 aliphatic carbocycles. The largest absolute Gasteiger partial charge is 0.381 e. The van der Waals surface area contributed by atoms with Gasteiger partial charge in [0.05, 0.1) is 5.69 Å². The Labute approximate surface area is 102 Å². The molecule has 1 rings (SSSR count). The molecule has 0 unspecified atom stereocenters. The summed E-state index contributed by atoms with van der Waals surface area (Å²) >= 11 is 0. The van der Waals surface area contributed by atoms with Crippen molar-refractivity contribution < 1.29 is 9.90 Å². The number of aryl methyl sites for hydroxylation is 3. The third-order valence-electron chi connectivity index (χ3n) is 2.49. The van der Waals surface area contributed by atoms with E-state index in [9.17, 15) is 9.90 Å². The number of carbonyl (C=O) groups excluding carboxylic acids is 1. The van der Waals surface area contributed by atoms with Gasteiger partial charge < -0.3 is 10.4 Å². The highest BCUT2D eigenvalue weighted by Crippen LogP contribution is 2.03. The Bertz CT molecular complexity index is 391. The number of aromatic nitrogens is 2. The van der Waals surface area contributed by atoms with Gasteiger partial charge in [-0.25, -0.2) is 0 Å². The summed E-state index contributed by atoms with van der Waals surface area (Å²) < 4.78 is 1.92. The van der Waals surface area contributed by atoms with E-state index >= 15 is 0 Å². The van der Waals surface area contributed by atoms with Gasteiger partial charge in [-0.05, 0) is 40.2 Å². The maximum absolute atomic E-state index is 11.4. The first kappa shape index (κ1) is 13.7. The Hall–Kier alpha value is -1.36. The van der Waals surface area contributed by atoms with Crippen molar-refractivity contribution in [3.8, 4) is 0 Å². The molecule has 0 radical (unpaired) electrons. The van der Waals surface area contributed by atoms with Crippen LogP contribution in [0.2, 0.25) is 0 Å². The van der Waals surface area contributed by atoms with Crippen LogP contribution < -0.4 is 5.32 Å². The first-order valence-corrected chi connectivity index (χ1v) is 5.82. The Kier molecular flexibility index (Phi) is 4.28. The Morgan fingerprint density at radius 1 is 1.53 bits per heavy atom. The van der Waals surface area contributed by atoms with Gasteiger partial charge in [-0.3, -0.25) is 9.48 Å². The lowest BCUT2D eigenvalue weighted by atomic mass is 10.1. The monoisotopic (exact) mass is 239 g/mol. The van der Waals surface area contributed by atoms with E-state index in [1.807, 2.05) is 24.6 Å². The summed E-state index contributed by atoms with van der Waals surface area (Å²) in [4.78, 5) is 11.4. The van der Waals surface area contributed by atoms with Gasteiger partial charge in [0.2, 0.25) is 0 Å². The molecule has 0 saturated carbocycles. The maximum Gasteiger partial charge on any atom is 0.251 e. The Morgan fingerprint density at radius 2 is 2.18 bits per heavy atom. The second kappa shape index (κ2) is 5.31. The zero-order chi connectivity index (χ0) is 13.1. The van der Waals surface area contributed by atoms with Crippen molar-refractivity contribution in [1.29, 1.82) is 0 Å². The molecule has 0 saturated heterocycles. The topological polar surface area (TPSA) is 67.2 Å². The van der Waals surface area contributed by atoms with Crippen LogP contribution in [-0.2, 0) is 11.3 Å². The molecule has 0 spiro atoms. The summed E-state index contributed by atoms with van der Waals surface area (Å²) in [6, 6.07) is 2.02. The summed E-state index contributed by atoms with van der Waals surface area (Å²) in [5, 5.41) is 16.4. The fourth-order valence-corrected chi connectivity index (χ4v) is 1.55. The molecular formula is C12H21N3O2. The highest BCUT2D eigenvalue weighted by Gasteiger charge is 2.22. The fourth-order valence-electron chi connectivity index (χ4n) is 1.55. The molecular weight excluding hydrogens is 218 g/mol. The van der Waals surface area contributed by atoms with Gasteiger partial charge >= 0.3 is 0 Å². The van der Waals surface area contributed by atoms with Gasteiger partial charge in [-0.15, -0.1) is 0 Å². The molecule has 96 valence electrons. The van der Waals surface area contributed by atoms with E-state index in [1.54, 1.807) is 0 Å². The number of hydrogen-bond donors (Lipinski definition) is 2. The van der Waals surface area contributed by atoms with Crippen LogP contribution in [0.5, 0.6) is 0 Å². The van der Waals surface area contributed by atoms with E-state index in [2.05, 4.69) is 10.4 Å². The van der Waals surface area contributed by atoms with Crippen molar-refractivity contribution in [1.82, 2.24) is 15.1 Å². The van der Waals surface area contributed by atoms with Gasteiger partial charge in [0.25, 0.3) is 5.91 Å². The number of nitrogens with one attached hydrogen (secondary N) is 1. The lowest BCUT2D eigenvalue weighted by Crippen LogP contribution is -2.42. The van der Waals surface area contributed by atoms with E-state index in [4.69, 9.17) is 0 Å². The first-order chi connectivity index (χ1) is 7.80. The van der Waals surface area contributed by atoms with Gasteiger partial charge in [0, 0.05) is 18.8 Å². The van der Waals surface area contributed by atoms with Crippen LogP contribution in [0.4, 0.5) is 0 Å². The second-order valence-corrected chi connectivity index (χ2v) is 4.82. The van der Waals surface area contributed by atoms with Crippen molar-refractivity contribution in [2.75, 3.05) is 6.54 Å². The normalized spacial score (nSPS) is 11.6. The van der Waals surface area contributed by atoms with Crippen LogP contribution in [0.15, 0.2) is 6.07 Å². The molecule has 5 heteroatoms. The SMILES string of the molecule is Cc1cc(C)n(CCCNC(=O)C(C)(C)O)n1. The molecule has 0 fully saturated rings. The average Bonchev–Trinajstić information content (AvgIpc) is 2.50. The van der Waals surface area contributed by atoms with E-state index in [0.717, 1.165) is 24.4 Å². The molecule has 0 bridgehead atoms. The van der Waals surface area contributed by atoms with E-state index in [1.165, 1.54) is 13.8 Å². The molecule has 1 aromatic rings. The van der Waals surface area contributed by atoms with Crippen molar-refractivity contribution in [3.63, 3.8) is 0 Å². The molecule has 0 aliphatic heterocycles. The average molecular weight is 239 g/mol. The first-order valence-electron chi connectivity index (χ1n) is 5.82. The van der Waals surface area contributed by atoms with Crippen LogP contribution in [0.3, 0.4) is 0 Å². The molecule has 2 N–H and O–H groups in total. The molecule has 0 atom stereocenters. The minimum Gasteiger partial charge on any atom is -0.381 e. The van der Waals surface area contributed by atoms with Crippen LogP contribution >= 0.6 is 0 Å².